The maximum atomic E-state index is 12.6. The number of aromatic nitrogens is 2. The van der Waals surface area contributed by atoms with Crippen molar-refractivity contribution >= 4 is 17.2 Å². The van der Waals surface area contributed by atoms with Crippen molar-refractivity contribution in [1.29, 1.82) is 0 Å². The average molecular weight is 363 g/mol. The largest absolute Gasteiger partial charge is 0.473 e. The zero-order chi connectivity index (χ0) is 17.6. The van der Waals surface area contributed by atoms with E-state index in [1.807, 2.05) is 18.2 Å². The number of methoxy groups -OCH3 is 1. The van der Waals surface area contributed by atoms with Gasteiger partial charge in [0.1, 0.15) is 4.88 Å². The lowest BCUT2D eigenvalue weighted by Gasteiger charge is -2.31. The lowest BCUT2D eigenvalue weighted by atomic mass is 10.1. The van der Waals surface area contributed by atoms with E-state index in [1.54, 1.807) is 13.1 Å². The Morgan fingerprint density at radius 1 is 1.48 bits per heavy atom. The summed E-state index contributed by atoms with van der Waals surface area (Å²) in [5.41, 5.74) is 1.52. The van der Waals surface area contributed by atoms with Crippen LogP contribution in [0.3, 0.4) is 0 Å². The van der Waals surface area contributed by atoms with Crippen molar-refractivity contribution < 1.29 is 19.0 Å². The summed E-state index contributed by atoms with van der Waals surface area (Å²) in [6, 6.07) is 5.50. The van der Waals surface area contributed by atoms with E-state index in [2.05, 4.69) is 15.3 Å². The molecule has 25 heavy (non-hydrogen) atoms. The molecule has 3 rings (SSSR count). The van der Waals surface area contributed by atoms with Crippen molar-refractivity contribution in [1.82, 2.24) is 15.3 Å². The number of carbonyl (C=O) groups excluding carboxylic acids is 1. The quantitative estimate of drug-likeness (QED) is 0.845. The third-order valence-corrected chi connectivity index (χ3v) is 5.06. The average Bonchev–Trinajstić information content (AvgIpc) is 3.03. The Bertz CT molecular complexity index is 707. The van der Waals surface area contributed by atoms with Crippen LogP contribution in [0, 0.1) is 6.92 Å². The summed E-state index contributed by atoms with van der Waals surface area (Å²) in [7, 11) is 1.54. The summed E-state index contributed by atoms with van der Waals surface area (Å²) in [6.07, 6.45) is 2.35. The normalized spacial score (nSPS) is 20.2. The number of amides is 1. The molecule has 1 amide bonds. The third kappa shape index (κ3) is 4.53. The van der Waals surface area contributed by atoms with Gasteiger partial charge in [0.15, 0.2) is 0 Å². The molecule has 1 fully saturated rings. The molecule has 0 unspecified atom stereocenters. The minimum absolute atomic E-state index is 0.116. The molecule has 2 aromatic heterocycles. The van der Waals surface area contributed by atoms with Crippen molar-refractivity contribution in [2.45, 2.75) is 32.1 Å². The first-order chi connectivity index (χ1) is 12.2. The van der Waals surface area contributed by atoms with Crippen LogP contribution in [0.1, 0.15) is 27.5 Å². The van der Waals surface area contributed by atoms with Gasteiger partial charge >= 0.3 is 0 Å². The van der Waals surface area contributed by atoms with Gasteiger partial charge in [-0.05, 0) is 25.5 Å². The fourth-order valence-electron chi connectivity index (χ4n) is 2.63. The topological polar surface area (TPSA) is 82.6 Å². The number of carbonyl (C=O) groups is 1. The van der Waals surface area contributed by atoms with E-state index in [1.165, 1.54) is 18.4 Å². The number of hydrogen-bond donors (Lipinski definition) is 1. The van der Waals surface area contributed by atoms with Crippen molar-refractivity contribution in [2.75, 3.05) is 20.3 Å². The third-order valence-electron chi connectivity index (χ3n) is 3.94. The molecule has 0 bridgehead atoms. The van der Waals surface area contributed by atoms with Gasteiger partial charge in [0.2, 0.25) is 0 Å². The van der Waals surface area contributed by atoms with E-state index in [0.29, 0.717) is 35.6 Å². The molecule has 2 aromatic rings. The molecule has 2 atom stereocenters. The molecule has 8 heteroatoms. The van der Waals surface area contributed by atoms with Gasteiger partial charge in [0, 0.05) is 12.8 Å². The Balaban J connectivity index is 1.62. The maximum Gasteiger partial charge on any atom is 0.273 e. The highest BCUT2D eigenvalue weighted by atomic mass is 32.1. The number of nitrogens with one attached hydrogen (secondary N) is 1. The molecule has 7 nitrogen and oxygen atoms in total. The van der Waals surface area contributed by atoms with E-state index in [0.717, 1.165) is 12.1 Å². The first-order valence-electron chi connectivity index (χ1n) is 8.09. The van der Waals surface area contributed by atoms with Crippen LogP contribution < -0.4 is 10.1 Å². The summed E-state index contributed by atoms with van der Waals surface area (Å²) in [5.74, 6) is -0.180. The smallest absolute Gasteiger partial charge is 0.273 e. The van der Waals surface area contributed by atoms with Crippen molar-refractivity contribution in [3.8, 4) is 5.19 Å². The molecular formula is C17H21N3O4S. The fourth-order valence-corrected chi connectivity index (χ4v) is 3.42. The number of rotatable bonds is 6. The summed E-state index contributed by atoms with van der Waals surface area (Å²) in [6.45, 7) is 3.24. The minimum Gasteiger partial charge on any atom is -0.473 e. The van der Waals surface area contributed by atoms with Gasteiger partial charge in [0.05, 0.1) is 43.9 Å². The van der Waals surface area contributed by atoms with E-state index in [-0.39, 0.29) is 18.1 Å². The summed E-state index contributed by atoms with van der Waals surface area (Å²) < 4.78 is 16.6. The Hall–Kier alpha value is -2.03. The van der Waals surface area contributed by atoms with Gasteiger partial charge in [-0.3, -0.25) is 9.78 Å². The van der Waals surface area contributed by atoms with Gasteiger partial charge in [-0.2, -0.15) is 0 Å². The van der Waals surface area contributed by atoms with Crippen LogP contribution in [0.5, 0.6) is 5.19 Å². The monoisotopic (exact) mass is 363 g/mol. The zero-order valence-electron chi connectivity index (χ0n) is 14.2. The predicted octanol–water partition coefficient (Wildman–Crippen LogP) is 1.96. The van der Waals surface area contributed by atoms with Gasteiger partial charge < -0.3 is 19.5 Å². The molecule has 0 radical (unpaired) electrons. The van der Waals surface area contributed by atoms with Crippen LogP contribution in [-0.2, 0) is 16.1 Å². The second-order valence-corrected chi connectivity index (χ2v) is 6.67. The standard InChI is InChI=1S/C17H21N3O4S/c1-11-15(25-17(19-11)22-2)16(21)20-13-10-23-8-6-14(13)24-9-12-5-3-4-7-18-12/h3-5,7,13-14H,6,8-10H2,1-2H3,(H,20,21)/t13-,14-/m1/s1. The van der Waals surface area contributed by atoms with Gasteiger partial charge in [-0.1, -0.05) is 17.4 Å². The summed E-state index contributed by atoms with van der Waals surface area (Å²) in [4.78, 5) is 21.6. The Kier molecular flexibility index (Phi) is 5.95. The first kappa shape index (κ1) is 17.8. The van der Waals surface area contributed by atoms with Crippen LogP contribution >= 0.6 is 11.3 Å². The maximum absolute atomic E-state index is 12.6. The molecule has 1 aliphatic rings. The molecule has 0 aliphatic carbocycles. The van der Waals surface area contributed by atoms with Crippen molar-refractivity contribution in [3.05, 3.63) is 40.7 Å². The number of nitrogens with zero attached hydrogens (tertiary/aromatic N) is 2. The van der Waals surface area contributed by atoms with Crippen LogP contribution in [0.4, 0.5) is 0 Å². The molecular weight excluding hydrogens is 342 g/mol. The minimum atomic E-state index is -0.211. The summed E-state index contributed by atoms with van der Waals surface area (Å²) in [5, 5.41) is 3.48. The van der Waals surface area contributed by atoms with Crippen LogP contribution in [0.15, 0.2) is 24.4 Å². The van der Waals surface area contributed by atoms with Gasteiger partial charge in [0.25, 0.3) is 11.1 Å². The van der Waals surface area contributed by atoms with Gasteiger partial charge in [-0.15, -0.1) is 0 Å². The van der Waals surface area contributed by atoms with E-state index in [4.69, 9.17) is 14.2 Å². The number of pyridine rings is 1. The van der Waals surface area contributed by atoms with E-state index in [9.17, 15) is 4.79 Å². The van der Waals surface area contributed by atoms with Crippen LogP contribution in [-0.4, -0.2) is 48.3 Å². The predicted molar refractivity (Wildman–Crippen MR) is 92.9 cm³/mol. The number of hydrogen-bond acceptors (Lipinski definition) is 7. The lowest BCUT2D eigenvalue weighted by molar-refractivity contribution is -0.0612. The molecule has 3 heterocycles. The highest BCUT2D eigenvalue weighted by molar-refractivity contribution is 7.15. The first-order valence-corrected chi connectivity index (χ1v) is 8.90. The molecule has 0 saturated carbocycles. The second-order valence-electron chi connectivity index (χ2n) is 5.71. The number of aryl methyl sites for hydroxylation is 1. The Morgan fingerprint density at radius 3 is 3.08 bits per heavy atom. The van der Waals surface area contributed by atoms with Crippen molar-refractivity contribution in [3.63, 3.8) is 0 Å². The molecule has 1 aliphatic heterocycles. The Morgan fingerprint density at radius 2 is 2.36 bits per heavy atom. The van der Waals surface area contributed by atoms with E-state index < -0.39 is 0 Å². The van der Waals surface area contributed by atoms with Crippen LogP contribution in [0.25, 0.3) is 0 Å². The molecule has 1 N–H and O–H groups in total. The Labute approximate surface area is 150 Å². The zero-order valence-corrected chi connectivity index (χ0v) is 15.0. The van der Waals surface area contributed by atoms with Crippen molar-refractivity contribution in [2.24, 2.45) is 0 Å². The van der Waals surface area contributed by atoms with Gasteiger partial charge in [-0.25, -0.2) is 4.98 Å². The number of thiazole rings is 1. The molecule has 0 aromatic carbocycles. The highest BCUT2D eigenvalue weighted by Gasteiger charge is 2.29. The SMILES string of the molecule is COc1nc(C)c(C(=O)N[C@@H]2COCC[C@H]2OCc2ccccn2)s1. The van der Waals surface area contributed by atoms with E-state index >= 15 is 0 Å². The summed E-state index contributed by atoms with van der Waals surface area (Å²) >= 11 is 1.23. The fraction of sp³-hybridized carbons (Fsp3) is 0.471. The second kappa shape index (κ2) is 8.37. The molecule has 0 spiro atoms. The van der Waals surface area contributed by atoms with Crippen LogP contribution in [0.2, 0.25) is 0 Å². The number of ether oxygens (including phenoxy) is 3. The molecule has 1 saturated heterocycles. The lowest BCUT2D eigenvalue weighted by Crippen LogP contribution is -2.50. The highest BCUT2D eigenvalue weighted by Crippen LogP contribution is 2.24. The molecule has 134 valence electrons.